The summed E-state index contributed by atoms with van der Waals surface area (Å²) in [5, 5.41) is 8.89. The first kappa shape index (κ1) is 13.9. The van der Waals surface area contributed by atoms with Crippen molar-refractivity contribution in [1.29, 1.82) is 5.26 Å². The molecular weight excluding hydrogens is 228 g/mol. The number of thioether (sulfide) groups is 1. The third-order valence-corrected chi connectivity index (χ3v) is 3.85. The molecule has 0 spiro atoms. The van der Waals surface area contributed by atoms with Crippen LogP contribution >= 0.6 is 11.8 Å². The predicted octanol–water partition coefficient (Wildman–Crippen LogP) is 4.08. The van der Waals surface area contributed by atoms with E-state index in [-0.39, 0.29) is 5.41 Å². The zero-order valence-electron chi connectivity index (χ0n) is 10.6. The molecular formula is C14H20N2S. The Morgan fingerprint density at radius 1 is 1.29 bits per heavy atom. The average molecular weight is 248 g/mol. The van der Waals surface area contributed by atoms with Gasteiger partial charge in [-0.25, -0.2) is 0 Å². The van der Waals surface area contributed by atoms with E-state index in [0.717, 1.165) is 35.6 Å². The number of nitrogens with two attached hydrogens (primary N) is 1. The largest absolute Gasteiger partial charge is 0.398 e. The van der Waals surface area contributed by atoms with Crippen molar-refractivity contribution in [1.82, 2.24) is 0 Å². The molecule has 1 aromatic carbocycles. The maximum absolute atomic E-state index is 8.89. The molecule has 1 rings (SSSR count). The van der Waals surface area contributed by atoms with Crippen LogP contribution in [0.25, 0.3) is 0 Å². The van der Waals surface area contributed by atoms with Gasteiger partial charge >= 0.3 is 0 Å². The Morgan fingerprint density at radius 3 is 2.65 bits per heavy atom. The normalized spacial score (nSPS) is 11.1. The third-order valence-electron chi connectivity index (χ3n) is 2.68. The van der Waals surface area contributed by atoms with Crippen LogP contribution in [0.15, 0.2) is 29.2 Å². The number of benzene rings is 1. The zero-order valence-corrected chi connectivity index (χ0v) is 11.4. The molecule has 0 saturated carbocycles. The lowest BCUT2D eigenvalue weighted by Crippen LogP contribution is -2.07. The first-order valence-electron chi connectivity index (χ1n) is 5.94. The van der Waals surface area contributed by atoms with Gasteiger partial charge in [-0.15, -0.1) is 11.8 Å². The van der Waals surface area contributed by atoms with Crippen LogP contribution in [0, 0.1) is 16.7 Å². The number of nitrogen functional groups attached to an aromatic ring is 1. The highest BCUT2D eigenvalue weighted by molar-refractivity contribution is 7.99. The third kappa shape index (κ3) is 5.14. The van der Waals surface area contributed by atoms with Gasteiger partial charge in [0.05, 0.1) is 11.5 Å². The molecule has 0 amide bonds. The van der Waals surface area contributed by atoms with Crippen molar-refractivity contribution in [2.45, 2.75) is 38.0 Å². The van der Waals surface area contributed by atoms with Gasteiger partial charge in [-0.05, 0) is 44.6 Å². The topological polar surface area (TPSA) is 49.8 Å². The van der Waals surface area contributed by atoms with Crippen molar-refractivity contribution in [3.8, 4) is 6.07 Å². The smallest absolute Gasteiger partial charge is 0.0683 e. The van der Waals surface area contributed by atoms with E-state index in [4.69, 9.17) is 11.0 Å². The lowest BCUT2D eigenvalue weighted by Gasteiger charge is -2.14. The summed E-state index contributed by atoms with van der Waals surface area (Å²) in [5.74, 6) is 1.07. The number of unbranched alkanes of at least 4 members (excludes halogenated alkanes) is 1. The van der Waals surface area contributed by atoms with Gasteiger partial charge in [0.1, 0.15) is 0 Å². The summed E-state index contributed by atoms with van der Waals surface area (Å²) in [6, 6.07) is 10.3. The van der Waals surface area contributed by atoms with Gasteiger partial charge < -0.3 is 5.73 Å². The second-order valence-electron chi connectivity index (χ2n) is 4.84. The quantitative estimate of drug-likeness (QED) is 0.469. The van der Waals surface area contributed by atoms with E-state index in [9.17, 15) is 0 Å². The predicted molar refractivity (Wildman–Crippen MR) is 74.8 cm³/mol. The SMILES string of the molecule is CC(C)(C#N)CCCCSc1ccccc1N. The number of hydrogen-bond acceptors (Lipinski definition) is 3. The van der Waals surface area contributed by atoms with Gasteiger partial charge in [-0.3, -0.25) is 0 Å². The summed E-state index contributed by atoms with van der Waals surface area (Å²) >= 11 is 1.80. The maximum Gasteiger partial charge on any atom is 0.0683 e. The Bertz CT molecular complexity index is 393. The Morgan fingerprint density at radius 2 is 2.00 bits per heavy atom. The fourth-order valence-electron chi connectivity index (χ4n) is 1.52. The van der Waals surface area contributed by atoms with Crippen molar-refractivity contribution in [3.05, 3.63) is 24.3 Å². The molecule has 2 N–H and O–H groups in total. The minimum atomic E-state index is -0.184. The number of rotatable bonds is 6. The van der Waals surface area contributed by atoms with Gasteiger partial charge in [0.2, 0.25) is 0 Å². The molecule has 92 valence electrons. The molecule has 1 aromatic rings. The van der Waals surface area contributed by atoms with Crippen molar-refractivity contribution >= 4 is 17.4 Å². The highest BCUT2D eigenvalue weighted by atomic mass is 32.2. The fraction of sp³-hybridized carbons (Fsp3) is 0.500. The molecule has 0 fully saturated rings. The lowest BCUT2D eigenvalue weighted by atomic mass is 9.89. The molecule has 0 bridgehead atoms. The minimum Gasteiger partial charge on any atom is -0.398 e. The van der Waals surface area contributed by atoms with Gasteiger partial charge in [0.25, 0.3) is 0 Å². The van der Waals surface area contributed by atoms with Crippen molar-refractivity contribution in [3.63, 3.8) is 0 Å². The molecule has 0 aromatic heterocycles. The Kier molecular flexibility index (Phi) is 5.37. The lowest BCUT2D eigenvalue weighted by molar-refractivity contribution is 0.433. The molecule has 0 radical (unpaired) electrons. The fourth-order valence-corrected chi connectivity index (χ4v) is 2.50. The Balaban J connectivity index is 2.22. The van der Waals surface area contributed by atoms with Crippen LogP contribution in [0.4, 0.5) is 5.69 Å². The number of nitriles is 1. The van der Waals surface area contributed by atoms with Crippen LogP contribution in [0.5, 0.6) is 0 Å². The summed E-state index contributed by atoms with van der Waals surface area (Å²) in [7, 11) is 0. The standard InChI is InChI=1S/C14H20N2S/c1-14(2,11-15)9-5-6-10-17-13-8-4-3-7-12(13)16/h3-4,7-8H,5-6,9-10,16H2,1-2H3. The van der Waals surface area contributed by atoms with E-state index >= 15 is 0 Å². The highest BCUT2D eigenvalue weighted by Crippen LogP contribution is 2.27. The summed E-state index contributed by atoms with van der Waals surface area (Å²) < 4.78 is 0. The highest BCUT2D eigenvalue weighted by Gasteiger charge is 2.15. The minimum absolute atomic E-state index is 0.184. The second kappa shape index (κ2) is 6.56. The molecule has 0 heterocycles. The van der Waals surface area contributed by atoms with Gasteiger partial charge in [-0.1, -0.05) is 18.6 Å². The molecule has 17 heavy (non-hydrogen) atoms. The molecule has 2 nitrogen and oxygen atoms in total. The molecule has 0 atom stereocenters. The molecule has 0 aliphatic carbocycles. The van der Waals surface area contributed by atoms with Crippen LogP contribution in [-0.4, -0.2) is 5.75 Å². The van der Waals surface area contributed by atoms with E-state index in [1.165, 1.54) is 0 Å². The van der Waals surface area contributed by atoms with E-state index in [0.29, 0.717) is 0 Å². The van der Waals surface area contributed by atoms with E-state index in [1.807, 2.05) is 32.0 Å². The summed E-state index contributed by atoms with van der Waals surface area (Å²) in [5.41, 5.74) is 6.53. The second-order valence-corrected chi connectivity index (χ2v) is 5.98. The summed E-state index contributed by atoms with van der Waals surface area (Å²) in [6.45, 7) is 3.99. The number of anilines is 1. The number of para-hydroxylation sites is 1. The van der Waals surface area contributed by atoms with Crippen LogP contribution in [-0.2, 0) is 0 Å². The van der Waals surface area contributed by atoms with Crippen molar-refractivity contribution < 1.29 is 0 Å². The first-order valence-corrected chi connectivity index (χ1v) is 6.92. The van der Waals surface area contributed by atoms with E-state index in [1.54, 1.807) is 11.8 Å². The van der Waals surface area contributed by atoms with Crippen LogP contribution < -0.4 is 5.73 Å². The molecule has 0 aliphatic rings. The van der Waals surface area contributed by atoms with E-state index in [2.05, 4.69) is 12.1 Å². The molecule has 3 heteroatoms. The average Bonchev–Trinajstić information content (AvgIpc) is 2.31. The van der Waals surface area contributed by atoms with Gasteiger partial charge in [0, 0.05) is 10.6 Å². The number of nitrogens with zero attached hydrogens (tertiary/aromatic N) is 1. The van der Waals surface area contributed by atoms with E-state index < -0.39 is 0 Å². The molecule has 0 unspecified atom stereocenters. The number of hydrogen-bond donors (Lipinski definition) is 1. The summed E-state index contributed by atoms with van der Waals surface area (Å²) in [4.78, 5) is 1.16. The monoisotopic (exact) mass is 248 g/mol. The van der Waals surface area contributed by atoms with Crippen molar-refractivity contribution in [2.24, 2.45) is 5.41 Å². The van der Waals surface area contributed by atoms with Gasteiger partial charge in [0.15, 0.2) is 0 Å². The van der Waals surface area contributed by atoms with Crippen LogP contribution in [0.1, 0.15) is 33.1 Å². The summed E-state index contributed by atoms with van der Waals surface area (Å²) in [6.07, 6.45) is 3.19. The molecule has 0 saturated heterocycles. The Labute approximate surface area is 108 Å². The van der Waals surface area contributed by atoms with Crippen LogP contribution in [0.3, 0.4) is 0 Å². The Hall–Kier alpha value is -1.14. The first-order chi connectivity index (χ1) is 8.05. The van der Waals surface area contributed by atoms with Crippen LogP contribution in [0.2, 0.25) is 0 Å². The maximum atomic E-state index is 8.89. The van der Waals surface area contributed by atoms with Crippen molar-refractivity contribution in [2.75, 3.05) is 11.5 Å². The molecule has 0 aliphatic heterocycles. The zero-order chi connectivity index (χ0) is 12.7. The van der Waals surface area contributed by atoms with Gasteiger partial charge in [-0.2, -0.15) is 5.26 Å².